The van der Waals surface area contributed by atoms with Crippen LogP contribution >= 0.6 is 0 Å². The monoisotopic (exact) mass is 401 g/mol. The van der Waals surface area contributed by atoms with Gasteiger partial charge in [-0.15, -0.1) is 0 Å². The maximum atomic E-state index is 13.5. The molecule has 0 N–H and O–H groups in total. The number of morpholine rings is 1. The van der Waals surface area contributed by atoms with Gasteiger partial charge in [-0.1, -0.05) is 6.92 Å². The first-order chi connectivity index (χ1) is 14.1. The normalized spacial score (nSPS) is 18.1. The molecule has 7 nitrogen and oxygen atoms in total. The number of aryl methyl sites for hydroxylation is 1. The molecule has 0 radical (unpaired) electrons. The number of fused-ring (bicyclic) bond motifs is 1. The summed E-state index contributed by atoms with van der Waals surface area (Å²) in [5.74, 6) is 0.344. The molecule has 8 heteroatoms. The predicted molar refractivity (Wildman–Crippen MR) is 110 cm³/mol. The molecule has 4 rings (SSSR count). The third kappa shape index (κ3) is 4.19. The minimum atomic E-state index is -0.280. The summed E-state index contributed by atoms with van der Waals surface area (Å²) in [5.41, 5.74) is 2.35. The number of benzene rings is 1. The molecule has 1 aromatic heterocycles. The van der Waals surface area contributed by atoms with E-state index in [9.17, 15) is 9.18 Å². The Morgan fingerprint density at radius 2 is 1.76 bits per heavy atom. The first-order valence-electron chi connectivity index (χ1n) is 10.2. The Labute approximate surface area is 170 Å². The molecule has 2 aliphatic heterocycles. The van der Waals surface area contributed by atoms with Gasteiger partial charge in [0.1, 0.15) is 5.82 Å². The van der Waals surface area contributed by atoms with E-state index in [1.807, 2.05) is 18.7 Å². The van der Waals surface area contributed by atoms with Gasteiger partial charge in [0.25, 0.3) is 5.56 Å². The highest BCUT2D eigenvalue weighted by molar-refractivity contribution is 5.58. The highest BCUT2D eigenvalue weighted by atomic mass is 19.1. The summed E-state index contributed by atoms with van der Waals surface area (Å²) in [6.07, 6.45) is 0.655. The number of aromatic nitrogens is 2. The topological polar surface area (TPSA) is 53.8 Å². The van der Waals surface area contributed by atoms with Gasteiger partial charge in [0.15, 0.2) is 0 Å². The van der Waals surface area contributed by atoms with Crippen LogP contribution < -0.4 is 10.5 Å². The van der Waals surface area contributed by atoms with Crippen LogP contribution in [-0.4, -0.2) is 65.4 Å². The van der Waals surface area contributed by atoms with Gasteiger partial charge < -0.3 is 4.74 Å². The Balaban J connectivity index is 1.65. The molecule has 0 saturated carbocycles. The average Bonchev–Trinajstić information content (AvgIpc) is 2.74. The molecule has 156 valence electrons. The maximum Gasteiger partial charge on any atom is 0.259 e. The Bertz CT molecular complexity index is 909. The van der Waals surface area contributed by atoms with Crippen molar-refractivity contribution in [2.45, 2.75) is 26.9 Å². The van der Waals surface area contributed by atoms with Crippen molar-refractivity contribution in [1.82, 2.24) is 19.4 Å². The van der Waals surface area contributed by atoms with Gasteiger partial charge in [-0.05, 0) is 37.6 Å². The molecule has 29 heavy (non-hydrogen) atoms. The second-order valence-corrected chi connectivity index (χ2v) is 7.60. The average molecular weight is 401 g/mol. The SMILES string of the molecule is CCc1c(C)nc2n(c1=O)CN(CCN1CCOCC1)CN2c1ccc(F)cc1. The summed E-state index contributed by atoms with van der Waals surface area (Å²) in [6.45, 7) is 10.1. The van der Waals surface area contributed by atoms with Crippen molar-refractivity contribution >= 4 is 11.6 Å². The molecule has 0 unspecified atom stereocenters. The highest BCUT2D eigenvalue weighted by Crippen LogP contribution is 2.27. The lowest BCUT2D eigenvalue weighted by Gasteiger charge is -2.39. The first-order valence-corrected chi connectivity index (χ1v) is 10.2. The summed E-state index contributed by atoms with van der Waals surface area (Å²) in [4.78, 5) is 24.5. The summed E-state index contributed by atoms with van der Waals surface area (Å²) >= 11 is 0. The number of nitrogens with zero attached hydrogens (tertiary/aromatic N) is 5. The molecule has 3 heterocycles. The number of anilines is 2. The molecule has 0 spiro atoms. The molecule has 2 aliphatic rings. The smallest absolute Gasteiger partial charge is 0.259 e. The largest absolute Gasteiger partial charge is 0.379 e. The lowest BCUT2D eigenvalue weighted by atomic mass is 10.2. The molecular weight excluding hydrogens is 373 g/mol. The Morgan fingerprint density at radius 3 is 2.45 bits per heavy atom. The molecule has 1 fully saturated rings. The van der Waals surface area contributed by atoms with Crippen LogP contribution in [0.1, 0.15) is 18.2 Å². The fraction of sp³-hybridized carbons (Fsp3) is 0.524. The Morgan fingerprint density at radius 1 is 1.07 bits per heavy atom. The fourth-order valence-electron chi connectivity index (χ4n) is 4.00. The molecule has 0 aliphatic carbocycles. The number of ether oxygens (including phenoxy) is 1. The summed E-state index contributed by atoms with van der Waals surface area (Å²) in [5, 5.41) is 0. The standard InChI is InChI=1S/C21H28FN5O2/c1-3-19-16(2)23-21-26(18-6-4-17(22)5-7-18)14-25(15-27(21)20(19)28)9-8-24-10-12-29-13-11-24/h4-7H,3,8-15H2,1-2H3. The second-order valence-electron chi connectivity index (χ2n) is 7.60. The van der Waals surface area contributed by atoms with Gasteiger partial charge >= 0.3 is 0 Å². The van der Waals surface area contributed by atoms with Crippen LogP contribution in [0.25, 0.3) is 0 Å². The lowest BCUT2D eigenvalue weighted by molar-refractivity contribution is 0.0310. The summed E-state index contributed by atoms with van der Waals surface area (Å²) in [7, 11) is 0. The molecule has 0 amide bonds. The van der Waals surface area contributed by atoms with Gasteiger partial charge in [0.2, 0.25) is 5.95 Å². The van der Waals surface area contributed by atoms with Gasteiger partial charge in [0.05, 0.1) is 26.6 Å². The number of halogens is 1. The maximum absolute atomic E-state index is 13.5. The van der Waals surface area contributed by atoms with Crippen LogP contribution in [0.4, 0.5) is 16.0 Å². The second kappa shape index (κ2) is 8.61. The first kappa shape index (κ1) is 20.0. The molecule has 0 atom stereocenters. The molecular formula is C21H28FN5O2. The van der Waals surface area contributed by atoms with E-state index in [2.05, 4.69) is 9.80 Å². The van der Waals surface area contributed by atoms with Gasteiger partial charge in [0, 0.05) is 43.1 Å². The minimum absolute atomic E-state index is 0.0122. The van der Waals surface area contributed by atoms with Crippen molar-refractivity contribution < 1.29 is 9.13 Å². The van der Waals surface area contributed by atoms with Crippen molar-refractivity contribution in [3.63, 3.8) is 0 Å². The summed E-state index contributed by atoms with van der Waals surface area (Å²) in [6, 6.07) is 6.36. The van der Waals surface area contributed by atoms with Crippen molar-refractivity contribution in [3.05, 3.63) is 51.7 Å². The van der Waals surface area contributed by atoms with Crippen LogP contribution in [-0.2, 0) is 17.8 Å². The minimum Gasteiger partial charge on any atom is -0.379 e. The molecule has 1 aromatic carbocycles. The Kier molecular flexibility index (Phi) is 5.94. The van der Waals surface area contributed by atoms with Gasteiger partial charge in [-0.25, -0.2) is 9.37 Å². The van der Waals surface area contributed by atoms with Gasteiger partial charge in [-0.2, -0.15) is 0 Å². The molecule has 1 saturated heterocycles. The zero-order valence-corrected chi connectivity index (χ0v) is 17.1. The third-order valence-electron chi connectivity index (χ3n) is 5.70. The number of hydrogen-bond acceptors (Lipinski definition) is 6. The number of rotatable bonds is 5. The van der Waals surface area contributed by atoms with E-state index in [4.69, 9.17) is 9.72 Å². The van der Waals surface area contributed by atoms with E-state index in [0.717, 1.165) is 56.3 Å². The van der Waals surface area contributed by atoms with E-state index >= 15 is 0 Å². The van der Waals surface area contributed by atoms with Crippen LogP contribution in [0.5, 0.6) is 0 Å². The zero-order valence-electron chi connectivity index (χ0n) is 17.1. The van der Waals surface area contributed by atoms with E-state index in [-0.39, 0.29) is 11.4 Å². The zero-order chi connectivity index (χ0) is 20.4. The quantitative estimate of drug-likeness (QED) is 0.764. The van der Waals surface area contributed by atoms with Crippen LogP contribution in [0.2, 0.25) is 0 Å². The summed E-state index contributed by atoms with van der Waals surface area (Å²) < 4.78 is 20.6. The number of hydrogen-bond donors (Lipinski definition) is 0. The van der Waals surface area contributed by atoms with Crippen molar-refractivity contribution in [2.24, 2.45) is 0 Å². The highest BCUT2D eigenvalue weighted by Gasteiger charge is 2.28. The van der Waals surface area contributed by atoms with E-state index in [1.54, 1.807) is 16.7 Å². The fourth-order valence-corrected chi connectivity index (χ4v) is 4.00. The van der Waals surface area contributed by atoms with Crippen molar-refractivity contribution in [3.8, 4) is 0 Å². The predicted octanol–water partition coefficient (Wildman–Crippen LogP) is 1.95. The van der Waals surface area contributed by atoms with Gasteiger partial charge in [-0.3, -0.25) is 24.1 Å². The third-order valence-corrected chi connectivity index (χ3v) is 5.70. The molecule has 0 bridgehead atoms. The van der Waals surface area contributed by atoms with Crippen LogP contribution in [0.15, 0.2) is 29.1 Å². The Hall–Kier alpha value is -2.29. The lowest BCUT2D eigenvalue weighted by Crippen LogP contribution is -2.50. The van der Waals surface area contributed by atoms with Crippen LogP contribution in [0.3, 0.4) is 0 Å². The van der Waals surface area contributed by atoms with E-state index in [0.29, 0.717) is 25.7 Å². The van der Waals surface area contributed by atoms with E-state index in [1.165, 1.54) is 12.1 Å². The molecule has 2 aromatic rings. The van der Waals surface area contributed by atoms with Crippen molar-refractivity contribution in [2.75, 3.05) is 51.0 Å². The van der Waals surface area contributed by atoms with Crippen molar-refractivity contribution in [1.29, 1.82) is 0 Å². The van der Waals surface area contributed by atoms with E-state index < -0.39 is 0 Å². The van der Waals surface area contributed by atoms with Crippen LogP contribution in [0, 0.1) is 12.7 Å².